The summed E-state index contributed by atoms with van der Waals surface area (Å²) in [7, 11) is 0. The van der Waals surface area contributed by atoms with Crippen LogP contribution in [0.3, 0.4) is 0 Å². The molecule has 1 aliphatic rings. The highest BCUT2D eigenvalue weighted by molar-refractivity contribution is 5.49. The summed E-state index contributed by atoms with van der Waals surface area (Å²) in [4.78, 5) is 8.48. The first kappa shape index (κ1) is 14.2. The van der Waals surface area contributed by atoms with Crippen molar-refractivity contribution in [3.05, 3.63) is 23.9 Å². The van der Waals surface area contributed by atoms with Gasteiger partial charge < -0.3 is 4.90 Å². The van der Waals surface area contributed by atoms with Crippen molar-refractivity contribution in [1.82, 2.24) is 9.88 Å². The van der Waals surface area contributed by atoms with Crippen LogP contribution in [0.2, 0.25) is 0 Å². The molecule has 0 unspecified atom stereocenters. The van der Waals surface area contributed by atoms with Crippen molar-refractivity contribution in [3.63, 3.8) is 0 Å². The number of halogens is 2. The molecule has 1 aromatic rings. The third kappa shape index (κ3) is 3.21. The Kier molecular flexibility index (Phi) is 4.04. The molecule has 1 fully saturated rings. The van der Waals surface area contributed by atoms with Gasteiger partial charge in [-0.25, -0.2) is 13.8 Å². The zero-order valence-corrected chi connectivity index (χ0v) is 11.7. The van der Waals surface area contributed by atoms with Gasteiger partial charge in [-0.3, -0.25) is 4.90 Å². The first-order valence-corrected chi connectivity index (χ1v) is 6.72. The maximum atomic E-state index is 13.6. The minimum absolute atomic E-state index is 0.0213. The van der Waals surface area contributed by atoms with Crippen molar-refractivity contribution < 1.29 is 8.78 Å². The Morgan fingerprint density at radius 1 is 1.21 bits per heavy atom. The van der Waals surface area contributed by atoms with Crippen molar-refractivity contribution in [2.24, 2.45) is 0 Å². The van der Waals surface area contributed by atoms with E-state index in [0.717, 1.165) is 33.1 Å². The molecule has 0 saturated carbocycles. The number of piperazine rings is 1. The lowest BCUT2D eigenvalue weighted by Gasteiger charge is -2.38. The van der Waals surface area contributed by atoms with E-state index in [2.05, 4.69) is 23.7 Å². The fourth-order valence-corrected chi connectivity index (χ4v) is 2.44. The van der Waals surface area contributed by atoms with Crippen molar-refractivity contribution >= 4 is 5.82 Å². The second-order valence-corrected chi connectivity index (χ2v) is 5.38. The fraction of sp³-hybridized carbons (Fsp3) is 0.643. The van der Waals surface area contributed by atoms with Gasteiger partial charge in [0.2, 0.25) is 0 Å². The van der Waals surface area contributed by atoms with Gasteiger partial charge in [-0.2, -0.15) is 0 Å². The first-order valence-electron chi connectivity index (χ1n) is 6.72. The Hall–Kier alpha value is -1.23. The highest BCUT2D eigenvalue weighted by Crippen LogP contribution is 2.33. The summed E-state index contributed by atoms with van der Waals surface area (Å²) in [6, 6.07) is 3.54. The summed E-state index contributed by atoms with van der Waals surface area (Å²) in [5.74, 6) is -2.42. The van der Waals surface area contributed by atoms with E-state index in [0.29, 0.717) is 11.9 Å². The van der Waals surface area contributed by atoms with Crippen LogP contribution in [0.1, 0.15) is 26.3 Å². The predicted molar refractivity (Wildman–Crippen MR) is 72.7 cm³/mol. The molecule has 19 heavy (non-hydrogen) atoms. The van der Waals surface area contributed by atoms with E-state index >= 15 is 0 Å². The summed E-state index contributed by atoms with van der Waals surface area (Å²) in [5, 5.41) is 0. The van der Waals surface area contributed by atoms with E-state index in [9.17, 15) is 8.78 Å². The zero-order chi connectivity index (χ0) is 14.0. The number of aromatic nitrogens is 1. The lowest BCUT2D eigenvalue weighted by atomic mass is 10.1. The van der Waals surface area contributed by atoms with E-state index in [-0.39, 0.29) is 5.56 Å². The SMILES string of the molecule is CC(C)N1CCN(c2ncccc2C(C)(F)F)CC1. The van der Waals surface area contributed by atoms with Gasteiger partial charge in [0, 0.05) is 45.3 Å². The number of nitrogens with zero attached hydrogens (tertiary/aromatic N) is 3. The monoisotopic (exact) mass is 269 g/mol. The van der Waals surface area contributed by atoms with Crippen molar-refractivity contribution in [3.8, 4) is 0 Å². The Morgan fingerprint density at radius 2 is 1.84 bits per heavy atom. The molecule has 2 heterocycles. The van der Waals surface area contributed by atoms with E-state index in [1.807, 2.05) is 4.90 Å². The van der Waals surface area contributed by atoms with Gasteiger partial charge in [0.25, 0.3) is 5.92 Å². The molecule has 3 nitrogen and oxygen atoms in total. The molecule has 1 saturated heterocycles. The van der Waals surface area contributed by atoms with Gasteiger partial charge in [0.05, 0.1) is 5.56 Å². The van der Waals surface area contributed by atoms with Crippen LogP contribution in [0.25, 0.3) is 0 Å². The topological polar surface area (TPSA) is 19.4 Å². The summed E-state index contributed by atoms with van der Waals surface area (Å²) >= 11 is 0. The molecule has 0 bridgehead atoms. The van der Waals surface area contributed by atoms with Crippen molar-refractivity contribution in [2.75, 3.05) is 31.1 Å². The molecule has 5 heteroatoms. The molecule has 1 aromatic heterocycles. The third-order valence-corrected chi connectivity index (χ3v) is 3.60. The van der Waals surface area contributed by atoms with Crippen LogP contribution in [0, 0.1) is 0 Å². The molecule has 2 rings (SSSR count). The Bertz CT molecular complexity index is 421. The Labute approximate surface area is 113 Å². The zero-order valence-electron chi connectivity index (χ0n) is 11.7. The highest BCUT2D eigenvalue weighted by Gasteiger charge is 2.31. The second kappa shape index (κ2) is 5.41. The maximum absolute atomic E-state index is 13.6. The van der Waals surface area contributed by atoms with Crippen LogP contribution in [0.5, 0.6) is 0 Å². The molecule has 0 N–H and O–H groups in total. The standard InChI is InChI=1S/C14H21F2N3/c1-11(2)18-7-9-19(10-8-18)13-12(14(3,15)16)5-4-6-17-13/h4-6,11H,7-10H2,1-3H3. The minimum atomic E-state index is -2.85. The number of hydrogen-bond acceptors (Lipinski definition) is 3. The molecule has 0 radical (unpaired) electrons. The normalized spacial score (nSPS) is 18.1. The summed E-state index contributed by atoms with van der Waals surface area (Å²) < 4.78 is 27.2. The van der Waals surface area contributed by atoms with Gasteiger partial charge in [-0.15, -0.1) is 0 Å². The van der Waals surface area contributed by atoms with Crippen LogP contribution in [0.4, 0.5) is 14.6 Å². The summed E-state index contributed by atoms with van der Waals surface area (Å²) in [5.41, 5.74) is 0.0213. The lowest BCUT2D eigenvalue weighted by Crippen LogP contribution is -2.49. The molecular formula is C14H21F2N3. The first-order chi connectivity index (χ1) is 8.89. The summed E-state index contributed by atoms with van der Waals surface area (Å²) in [6.07, 6.45) is 1.58. The third-order valence-electron chi connectivity index (χ3n) is 3.60. The Balaban J connectivity index is 2.16. The van der Waals surface area contributed by atoms with Gasteiger partial charge in [0.15, 0.2) is 0 Å². The van der Waals surface area contributed by atoms with E-state index in [1.54, 1.807) is 12.3 Å². The maximum Gasteiger partial charge on any atom is 0.274 e. The molecular weight excluding hydrogens is 248 g/mol. The van der Waals surface area contributed by atoms with E-state index in [4.69, 9.17) is 0 Å². The molecule has 0 atom stereocenters. The number of anilines is 1. The van der Waals surface area contributed by atoms with Gasteiger partial charge in [-0.1, -0.05) is 0 Å². The van der Waals surface area contributed by atoms with Crippen molar-refractivity contribution in [1.29, 1.82) is 0 Å². The predicted octanol–water partition coefficient (Wildman–Crippen LogP) is 2.72. The molecule has 0 aliphatic carbocycles. The molecule has 0 aromatic carbocycles. The molecule has 1 aliphatic heterocycles. The molecule has 106 valence electrons. The Morgan fingerprint density at radius 3 is 2.37 bits per heavy atom. The van der Waals surface area contributed by atoms with E-state index in [1.165, 1.54) is 6.07 Å². The second-order valence-electron chi connectivity index (χ2n) is 5.38. The quantitative estimate of drug-likeness (QED) is 0.841. The average Bonchev–Trinajstić information content (AvgIpc) is 2.38. The molecule has 0 amide bonds. The van der Waals surface area contributed by atoms with Crippen LogP contribution in [-0.2, 0) is 5.92 Å². The van der Waals surface area contributed by atoms with Crippen molar-refractivity contribution in [2.45, 2.75) is 32.7 Å². The minimum Gasteiger partial charge on any atom is -0.354 e. The summed E-state index contributed by atoms with van der Waals surface area (Å²) in [6.45, 7) is 8.52. The van der Waals surface area contributed by atoms with Gasteiger partial charge in [-0.05, 0) is 26.0 Å². The highest BCUT2D eigenvalue weighted by atomic mass is 19.3. The van der Waals surface area contributed by atoms with Crippen LogP contribution >= 0.6 is 0 Å². The number of hydrogen-bond donors (Lipinski definition) is 0. The van der Waals surface area contributed by atoms with Gasteiger partial charge >= 0.3 is 0 Å². The largest absolute Gasteiger partial charge is 0.354 e. The number of pyridine rings is 1. The van der Waals surface area contributed by atoms with Crippen LogP contribution in [0.15, 0.2) is 18.3 Å². The van der Waals surface area contributed by atoms with Crippen LogP contribution in [-0.4, -0.2) is 42.1 Å². The fourth-order valence-electron chi connectivity index (χ4n) is 2.44. The molecule has 0 spiro atoms. The average molecular weight is 269 g/mol. The van der Waals surface area contributed by atoms with Crippen LogP contribution < -0.4 is 4.90 Å². The number of rotatable bonds is 3. The number of alkyl halides is 2. The van der Waals surface area contributed by atoms with Gasteiger partial charge in [0.1, 0.15) is 5.82 Å². The lowest BCUT2D eigenvalue weighted by molar-refractivity contribution is 0.0175. The van der Waals surface area contributed by atoms with E-state index < -0.39 is 5.92 Å². The smallest absolute Gasteiger partial charge is 0.274 e.